The Bertz CT molecular complexity index is 708. The molecule has 0 spiro atoms. The van der Waals surface area contributed by atoms with Gasteiger partial charge in [-0.1, -0.05) is 22.9 Å². The third-order valence-electron chi connectivity index (χ3n) is 2.66. The molecule has 0 fully saturated rings. The molecule has 0 aliphatic carbocycles. The summed E-state index contributed by atoms with van der Waals surface area (Å²) < 4.78 is 28.6. The van der Waals surface area contributed by atoms with Gasteiger partial charge in [-0.25, -0.2) is 0 Å². The molecule has 6 heteroatoms. The molecule has 104 valence electrons. The molecule has 0 unspecified atom stereocenters. The van der Waals surface area contributed by atoms with Gasteiger partial charge in [0.1, 0.15) is 4.90 Å². The van der Waals surface area contributed by atoms with E-state index >= 15 is 0 Å². The molecule has 0 amide bonds. The van der Waals surface area contributed by atoms with Crippen LogP contribution in [-0.4, -0.2) is 19.1 Å². The van der Waals surface area contributed by atoms with Gasteiger partial charge in [0, 0.05) is 18.0 Å². The van der Waals surface area contributed by atoms with E-state index in [4.69, 9.17) is 4.28 Å². The molecule has 0 aliphatic heterocycles. The predicted molar refractivity (Wildman–Crippen MR) is 75.9 cm³/mol. The maximum atomic E-state index is 11.9. The van der Waals surface area contributed by atoms with E-state index in [1.165, 1.54) is 12.1 Å². The Morgan fingerprint density at radius 2 is 1.90 bits per heavy atom. The van der Waals surface area contributed by atoms with E-state index in [2.05, 4.69) is 10.1 Å². The third kappa shape index (κ3) is 3.42. The van der Waals surface area contributed by atoms with Crippen LogP contribution in [0.15, 0.2) is 58.8 Å². The van der Waals surface area contributed by atoms with Gasteiger partial charge in [-0.15, -0.1) is 0 Å². The Morgan fingerprint density at radius 3 is 2.50 bits per heavy atom. The smallest absolute Gasteiger partial charge is 0.265 e. The van der Waals surface area contributed by atoms with E-state index in [9.17, 15) is 8.42 Å². The number of oxime groups is 1. The lowest BCUT2D eigenvalue weighted by Gasteiger charge is -2.03. The summed E-state index contributed by atoms with van der Waals surface area (Å²) in [4.78, 5) is 4.01. The Hall–Kier alpha value is -2.21. The van der Waals surface area contributed by atoms with Gasteiger partial charge in [-0.05, 0) is 38.1 Å². The van der Waals surface area contributed by atoms with Gasteiger partial charge in [-0.2, -0.15) is 8.42 Å². The predicted octanol–water partition coefficient (Wildman–Crippen LogP) is 2.52. The standard InChI is InChI=1S/C14H14N2O3S/c1-11-5-7-14(8-6-11)20(17,18)19-16-12(2)13-4-3-9-15-10-13/h3-10H,1-2H3. The van der Waals surface area contributed by atoms with Crippen molar-refractivity contribution in [1.29, 1.82) is 0 Å². The normalized spacial score (nSPS) is 12.2. The Balaban J connectivity index is 2.19. The summed E-state index contributed by atoms with van der Waals surface area (Å²) in [6, 6.07) is 9.89. The molecular formula is C14H14N2O3S. The molecule has 1 heterocycles. The van der Waals surface area contributed by atoms with Gasteiger partial charge in [-0.3, -0.25) is 9.27 Å². The van der Waals surface area contributed by atoms with Crippen molar-refractivity contribution >= 4 is 15.8 Å². The second-order valence-electron chi connectivity index (χ2n) is 4.26. The molecule has 0 aliphatic rings. The molecule has 0 saturated heterocycles. The Kier molecular flexibility index (Phi) is 4.14. The Morgan fingerprint density at radius 1 is 1.20 bits per heavy atom. The molecule has 20 heavy (non-hydrogen) atoms. The van der Waals surface area contributed by atoms with Crippen molar-refractivity contribution in [2.45, 2.75) is 18.7 Å². The molecule has 2 rings (SSSR count). The van der Waals surface area contributed by atoms with Crippen molar-refractivity contribution in [2.75, 3.05) is 0 Å². The number of aryl methyl sites for hydroxylation is 1. The minimum Gasteiger partial charge on any atom is -0.265 e. The molecule has 1 aromatic carbocycles. The van der Waals surface area contributed by atoms with Crippen LogP contribution in [0, 0.1) is 6.92 Å². The molecule has 5 nitrogen and oxygen atoms in total. The lowest BCUT2D eigenvalue weighted by molar-refractivity contribution is 0.339. The summed E-state index contributed by atoms with van der Waals surface area (Å²) in [5.41, 5.74) is 2.11. The zero-order valence-corrected chi connectivity index (χ0v) is 12.0. The van der Waals surface area contributed by atoms with Crippen molar-refractivity contribution in [3.05, 3.63) is 59.9 Å². The summed E-state index contributed by atoms with van der Waals surface area (Å²) >= 11 is 0. The van der Waals surface area contributed by atoms with Gasteiger partial charge >= 0.3 is 10.1 Å². The molecule has 0 radical (unpaired) electrons. The van der Waals surface area contributed by atoms with Crippen LogP contribution in [0.4, 0.5) is 0 Å². The highest BCUT2D eigenvalue weighted by atomic mass is 32.2. The molecular weight excluding hydrogens is 276 g/mol. The van der Waals surface area contributed by atoms with Crippen molar-refractivity contribution in [3.63, 3.8) is 0 Å². The average molecular weight is 290 g/mol. The monoisotopic (exact) mass is 290 g/mol. The molecule has 0 bridgehead atoms. The summed E-state index contributed by atoms with van der Waals surface area (Å²) in [5, 5.41) is 3.65. The highest BCUT2D eigenvalue weighted by Crippen LogP contribution is 2.14. The fourth-order valence-corrected chi connectivity index (χ4v) is 2.25. The van der Waals surface area contributed by atoms with Crippen molar-refractivity contribution in [3.8, 4) is 0 Å². The second-order valence-corrected chi connectivity index (χ2v) is 5.79. The first-order valence-corrected chi connectivity index (χ1v) is 7.35. The number of hydrogen-bond acceptors (Lipinski definition) is 5. The molecule has 0 atom stereocenters. The lowest BCUT2D eigenvalue weighted by Crippen LogP contribution is -2.05. The summed E-state index contributed by atoms with van der Waals surface area (Å²) in [7, 11) is -3.89. The molecule has 2 aromatic rings. The highest BCUT2D eigenvalue weighted by Gasteiger charge is 2.15. The second kappa shape index (κ2) is 5.83. The van der Waals surface area contributed by atoms with Gasteiger partial charge in [0.25, 0.3) is 0 Å². The maximum absolute atomic E-state index is 11.9. The quantitative estimate of drug-likeness (QED) is 0.641. The first-order chi connectivity index (χ1) is 9.49. The van der Waals surface area contributed by atoms with E-state index in [0.29, 0.717) is 11.3 Å². The van der Waals surface area contributed by atoms with E-state index in [1.54, 1.807) is 43.6 Å². The summed E-state index contributed by atoms with van der Waals surface area (Å²) in [6.07, 6.45) is 3.21. The zero-order valence-electron chi connectivity index (χ0n) is 11.1. The first kappa shape index (κ1) is 14.2. The largest absolute Gasteiger partial charge is 0.358 e. The van der Waals surface area contributed by atoms with E-state index < -0.39 is 10.1 Å². The van der Waals surface area contributed by atoms with Gasteiger partial charge in [0.15, 0.2) is 0 Å². The molecule has 0 N–H and O–H groups in total. The number of rotatable bonds is 4. The number of nitrogens with zero attached hydrogens (tertiary/aromatic N) is 2. The highest BCUT2D eigenvalue weighted by molar-refractivity contribution is 7.86. The van der Waals surface area contributed by atoms with Gasteiger partial charge < -0.3 is 0 Å². The minimum absolute atomic E-state index is 0.0748. The van der Waals surface area contributed by atoms with Crippen LogP contribution < -0.4 is 0 Å². The van der Waals surface area contributed by atoms with Gasteiger partial charge in [0.05, 0.1) is 5.71 Å². The molecule has 1 aromatic heterocycles. The maximum Gasteiger partial charge on any atom is 0.358 e. The van der Waals surface area contributed by atoms with Crippen LogP contribution in [0.2, 0.25) is 0 Å². The first-order valence-electron chi connectivity index (χ1n) is 5.94. The third-order valence-corrected chi connectivity index (χ3v) is 3.78. The van der Waals surface area contributed by atoms with Crippen LogP contribution in [0.3, 0.4) is 0 Å². The number of pyridine rings is 1. The van der Waals surface area contributed by atoms with Crippen LogP contribution in [0.1, 0.15) is 18.1 Å². The summed E-state index contributed by atoms with van der Waals surface area (Å²) in [5.74, 6) is 0. The lowest BCUT2D eigenvalue weighted by atomic mass is 10.2. The number of hydrogen-bond donors (Lipinski definition) is 0. The number of aromatic nitrogens is 1. The van der Waals surface area contributed by atoms with Crippen molar-refractivity contribution < 1.29 is 12.7 Å². The summed E-state index contributed by atoms with van der Waals surface area (Å²) in [6.45, 7) is 3.53. The zero-order chi connectivity index (χ0) is 14.6. The number of benzene rings is 1. The van der Waals surface area contributed by atoms with Crippen LogP contribution in [-0.2, 0) is 14.4 Å². The SMILES string of the molecule is CC(=NOS(=O)(=O)c1ccc(C)cc1)c1cccnc1. The van der Waals surface area contributed by atoms with Crippen LogP contribution >= 0.6 is 0 Å². The van der Waals surface area contributed by atoms with Crippen LogP contribution in [0.25, 0.3) is 0 Å². The van der Waals surface area contributed by atoms with E-state index in [0.717, 1.165) is 5.56 Å². The van der Waals surface area contributed by atoms with Crippen LogP contribution in [0.5, 0.6) is 0 Å². The Labute approximate surface area is 118 Å². The fourth-order valence-electron chi connectivity index (χ4n) is 1.48. The topological polar surface area (TPSA) is 68.6 Å². The molecule has 0 saturated carbocycles. The minimum atomic E-state index is -3.89. The average Bonchev–Trinajstić information content (AvgIpc) is 2.46. The van der Waals surface area contributed by atoms with E-state index in [-0.39, 0.29) is 4.90 Å². The van der Waals surface area contributed by atoms with Crippen molar-refractivity contribution in [2.24, 2.45) is 5.16 Å². The van der Waals surface area contributed by atoms with Crippen molar-refractivity contribution in [1.82, 2.24) is 4.98 Å². The van der Waals surface area contributed by atoms with Gasteiger partial charge in [0.2, 0.25) is 0 Å². The van der Waals surface area contributed by atoms with E-state index in [1.807, 2.05) is 6.92 Å². The fraction of sp³-hybridized carbons (Fsp3) is 0.143.